The van der Waals surface area contributed by atoms with E-state index in [-0.39, 0.29) is 0 Å². The summed E-state index contributed by atoms with van der Waals surface area (Å²) < 4.78 is 0. The summed E-state index contributed by atoms with van der Waals surface area (Å²) in [5, 5.41) is 5.22. The first-order chi connectivity index (χ1) is 13.2. The van der Waals surface area contributed by atoms with Gasteiger partial charge in [-0.1, -0.05) is 73.8 Å². The van der Waals surface area contributed by atoms with Gasteiger partial charge in [0, 0.05) is 25.7 Å². The van der Waals surface area contributed by atoms with Crippen molar-refractivity contribution in [2.45, 2.75) is 31.7 Å². The van der Waals surface area contributed by atoms with Crippen LogP contribution in [-0.4, -0.2) is 35.7 Å². The van der Waals surface area contributed by atoms with E-state index in [9.17, 15) is 0 Å². The number of benzene rings is 2. The Hall–Kier alpha value is -2.16. The fourth-order valence-corrected chi connectivity index (χ4v) is 4.67. The molecule has 27 heavy (non-hydrogen) atoms. The van der Waals surface area contributed by atoms with Crippen LogP contribution in [-0.2, 0) is 0 Å². The maximum Gasteiger partial charge on any atom is 0.0290 e. The number of hydrazine groups is 1. The van der Waals surface area contributed by atoms with E-state index < -0.39 is 0 Å². The van der Waals surface area contributed by atoms with Gasteiger partial charge in [-0.3, -0.25) is 0 Å². The Morgan fingerprint density at radius 3 is 2.07 bits per heavy atom. The third-order valence-electron chi connectivity index (χ3n) is 6.24. The second kappa shape index (κ2) is 8.24. The molecule has 2 saturated heterocycles. The zero-order valence-electron chi connectivity index (χ0n) is 16.2. The van der Waals surface area contributed by atoms with E-state index in [1.165, 1.54) is 48.2 Å². The summed E-state index contributed by atoms with van der Waals surface area (Å²) in [6.07, 6.45) is 4.66. The Kier molecular flexibility index (Phi) is 5.56. The van der Waals surface area contributed by atoms with Crippen molar-refractivity contribution in [3.8, 4) is 0 Å². The van der Waals surface area contributed by atoms with Crippen molar-refractivity contribution in [1.82, 2.24) is 10.0 Å². The van der Waals surface area contributed by atoms with E-state index in [0.29, 0.717) is 6.04 Å². The van der Waals surface area contributed by atoms with Gasteiger partial charge in [0.25, 0.3) is 0 Å². The molecule has 2 heteroatoms. The van der Waals surface area contributed by atoms with Gasteiger partial charge in [0.05, 0.1) is 0 Å². The molecule has 2 aliphatic heterocycles. The van der Waals surface area contributed by atoms with Crippen molar-refractivity contribution in [3.63, 3.8) is 0 Å². The molecule has 2 fully saturated rings. The Morgan fingerprint density at radius 2 is 1.44 bits per heavy atom. The van der Waals surface area contributed by atoms with Crippen LogP contribution in [0.3, 0.4) is 0 Å². The average molecular weight is 359 g/mol. The van der Waals surface area contributed by atoms with Gasteiger partial charge >= 0.3 is 0 Å². The summed E-state index contributed by atoms with van der Waals surface area (Å²) in [5.41, 5.74) is 5.06. The minimum atomic E-state index is 0.655. The molecule has 0 aliphatic carbocycles. The molecular weight excluding hydrogens is 328 g/mol. The largest absolute Gasteiger partial charge is 0.241 e. The number of rotatable bonds is 8. The topological polar surface area (TPSA) is 6.48 Å². The van der Waals surface area contributed by atoms with E-state index in [1.54, 1.807) is 0 Å². The molecule has 0 radical (unpaired) electrons. The molecule has 0 amide bonds. The van der Waals surface area contributed by atoms with Crippen LogP contribution >= 0.6 is 0 Å². The number of fused-ring (bicyclic) bond motifs is 2. The molecule has 3 unspecified atom stereocenters. The van der Waals surface area contributed by atoms with Gasteiger partial charge in [0.1, 0.15) is 0 Å². The lowest BCUT2D eigenvalue weighted by atomic mass is 9.91. The first-order valence-electron chi connectivity index (χ1n) is 10.2. The molecule has 2 bridgehead atoms. The smallest absolute Gasteiger partial charge is 0.0290 e. The van der Waals surface area contributed by atoms with Crippen LogP contribution < -0.4 is 0 Å². The molecule has 0 aromatic heterocycles. The van der Waals surface area contributed by atoms with Crippen molar-refractivity contribution in [1.29, 1.82) is 0 Å². The minimum absolute atomic E-state index is 0.655. The zero-order chi connectivity index (χ0) is 18.6. The Bertz CT molecular complexity index is 713. The molecule has 0 saturated carbocycles. The molecule has 2 heterocycles. The monoisotopic (exact) mass is 358 g/mol. The van der Waals surface area contributed by atoms with E-state index in [4.69, 9.17) is 0 Å². The highest BCUT2D eigenvalue weighted by molar-refractivity contribution is 5.63. The minimum Gasteiger partial charge on any atom is -0.241 e. The fraction of sp³-hybridized carbons (Fsp3) is 0.360. The SMILES string of the molecule is C=C(CCC1C2CCN(C2)N1CCC(=C)c1ccccc1)c1ccccc1. The summed E-state index contributed by atoms with van der Waals surface area (Å²) in [5.74, 6) is 0.818. The highest BCUT2D eigenvalue weighted by atomic mass is 15.7. The van der Waals surface area contributed by atoms with Crippen molar-refractivity contribution >= 4 is 11.1 Å². The van der Waals surface area contributed by atoms with Gasteiger partial charge in [0.2, 0.25) is 0 Å². The Morgan fingerprint density at radius 1 is 0.852 bits per heavy atom. The second-order valence-electron chi connectivity index (χ2n) is 7.92. The van der Waals surface area contributed by atoms with E-state index in [1.807, 2.05) is 0 Å². The average Bonchev–Trinajstić information content (AvgIpc) is 3.33. The van der Waals surface area contributed by atoms with Crippen molar-refractivity contribution in [2.24, 2.45) is 5.92 Å². The predicted octanol–water partition coefficient (Wildman–Crippen LogP) is 5.50. The molecule has 140 valence electrons. The molecule has 3 atom stereocenters. The quantitative estimate of drug-likeness (QED) is 0.614. The molecule has 2 nitrogen and oxygen atoms in total. The summed E-state index contributed by atoms with van der Waals surface area (Å²) in [4.78, 5) is 0. The molecule has 2 aliphatic rings. The zero-order valence-corrected chi connectivity index (χ0v) is 16.2. The van der Waals surface area contributed by atoms with Gasteiger partial charge in [-0.05, 0) is 53.9 Å². The third kappa shape index (κ3) is 4.07. The van der Waals surface area contributed by atoms with E-state index in [0.717, 1.165) is 25.3 Å². The Balaban J connectivity index is 1.35. The highest BCUT2D eigenvalue weighted by Gasteiger charge is 2.43. The maximum atomic E-state index is 4.34. The second-order valence-corrected chi connectivity index (χ2v) is 7.92. The van der Waals surface area contributed by atoms with Crippen molar-refractivity contribution in [3.05, 3.63) is 84.9 Å². The van der Waals surface area contributed by atoms with E-state index in [2.05, 4.69) is 83.8 Å². The van der Waals surface area contributed by atoms with Gasteiger partial charge < -0.3 is 0 Å². The Labute approximate surface area is 163 Å². The van der Waals surface area contributed by atoms with Crippen LogP contribution in [0.15, 0.2) is 73.8 Å². The van der Waals surface area contributed by atoms with E-state index >= 15 is 0 Å². The maximum absolute atomic E-state index is 4.34. The highest BCUT2D eigenvalue weighted by Crippen LogP contribution is 2.37. The molecular formula is C25H30N2. The van der Waals surface area contributed by atoms with Gasteiger partial charge in [-0.15, -0.1) is 0 Å². The molecule has 4 rings (SSSR count). The van der Waals surface area contributed by atoms with Crippen LogP contribution in [0.4, 0.5) is 0 Å². The van der Waals surface area contributed by atoms with Gasteiger partial charge in [-0.25, -0.2) is 10.0 Å². The molecule has 0 spiro atoms. The fourth-order valence-electron chi connectivity index (χ4n) is 4.67. The molecule has 2 aromatic carbocycles. The first-order valence-corrected chi connectivity index (χ1v) is 10.2. The van der Waals surface area contributed by atoms with Crippen molar-refractivity contribution in [2.75, 3.05) is 19.6 Å². The lowest BCUT2D eigenvalue weighted by Crippen LogP contribution is -2.45. The summed E-state index contributed by atoms with van der Waals surface area (Å²) in [6.45, 7) is 12.2. The van der Waals surface area contributed by atoms with Crippen LogP contribution in [0.5, 0.6) is 0 Å². The predicted molar refractivity (Wildman–Crippen MR) is 115 cm³/mol. The lowest BCUT2D eigenvalue weighted by Gasteiger charge is -2.36. The number of allylic oxidation sites excluding steroid dienone is 1. The standard InChI is InChI=1S/C25H30N2/c1-20(22-9-5-3-6-10-22)13-14-25-24-16-17-26(19-24)27(25)18-15-21(2)23-11-7-4-8-12-23/h3-12,24-25H,1-2,13-19H2. The number of nitrogens with zero attached hydrogens (tertiary/aromatic N) is 2. The summed E-state index contributed by atoms with van der Waals surface area (Å²) in [6, 6.07) is 21.9. The number of hydrogen-bond donors (Lipinski definition) is 0. The van der Waals surface area contributed by atoms with Crippen LogP contribution in [0.25, 0.3) is 11.1 Å². The first kappa shape index (κ1) is 18.2. The van der Waals surface area contributed by atoms with Crippen LogP contribution in [0, 0.1) is 5.92 Å². The van der Waals surface area contributed by atoms with Crippen molar-refractivity contribution < 1.29 is 0 Å². The van der Waals surface area contributed by atoms with Crippen LogP contribution in [0.1, 0.15) is 36.8 Å². The summed E-state index contributed by atoms with van der Waals surface area (Å²) in [7, 11) is 0. The molecule has 0 N–H and O–H groups in total. The number of hydrogen-bond acceptors (Lipinski definition) is 2. The summed E-state index contributed by atoms with van der Waals surface area (Å²) >= 11 is 0. The normalized spacial score (nSPS) is 24.2. The van der Waals surface area contributed by atoms with Gasteiger partial charge in [0.15, 0.2) is 0 Å². The lowest BCUT2D eigenvalue weighted by molar-refractivity contribution is -0.0178. The van der Waals surface area contributed by atoms with Crippen LogP contribution in [0.2, 0.25) is 0 Å². The van der Waals surface area contributed by atoms with Gasteiger partial charge in [-0.2, -0.15) is 0 Å². The third-order valence-corrected chi connectivity index (χ3v) is 6.24. The molecule has 2 aromatic rings.